The van der Waals surface area contributed by atoms with Gasteiger partial charge < -0.3 is 5.32 Å². The highest BCUT2D eigenvalue weighted by atomic mass is 32.1. The predicted molar refractivity (Wildman–Crippen MR) is 81.6 cm³/mol. The van der Waals surface area contributed by atoms with Crippen LogP contribution >= 0.6 is 11.3 Å². The normalized spacial score (nSPS) is 10.7. The van der Waals surface area contributed by atoms with Crippen LogP contribution in [-0.4, -0.2) is 11.9 Å². The van der Waals surface area contributed by atoms with Gasteiger partial charge in [-0.15, -0.1) is 11.3 Å². The van der Waals surface area contributed by atoms with E-state index in [1.807, 2.05) is 41.8 Å². The molecule has 0 fully saturated rings. The Kier molecular flexibility index (Phi) is 4.74. The molecule has 0 saturated heterocycles. The molecule has 0 radical (unpaired) electrons. The third-order valence-electron chi connectivity index (χ3n) is 3.28. The number of hydrogen-bond donors (Lipinski definition) is 1. The molecule has 0 spiro atoms. The van der Waals surface area contributed by atoms with Crippen molar-refractivity contribution in [2.24, 2.45) is 0 Å². The monoisotopic (exact) mass is 273 g/mol. The smallest absolute Gasteiger partial charge is 0.262 e. The Labute approximate surface area is 118 Å². The van der Waals surface area contributed by atoms with E-state index in [4.69, 9.17) is 0 Å². The first-order valence-corrected chi connectivity index (χ1v) is 7.58. The van der Waals surface area contributed by atoms with E-state index in [9.17, 15) is 4.79 Å². The molecule has 1 aromatic heterocycles. The van der Waals surface area contributed by atoms with Crippen LogP contribution in [0.25, 0.3) is 11.1 Å². The lowest BCUT2D eigenvalue weighted by atomic mass is 10.1. The lowest BCUT2D eigenvalue weighted by Gasteiger charge is -2.14. The second kappa shape index (κ2) is 6.53. The van der Waals surface area contributed by atoms with Gasteiger partial charge >= 0.3 is 0 Å². The quantitative estimate of drug-likeness (QED) is 0.863. The Morgan fingerprint density at radius 2 is 1.84 bits per heavy atom. The average Bonchev–Trinajstić information content (AvgIpc) is 2.95. The molecule has 2 nitrogen and oxygen atoms in total. The molecule has 100 valence electrons. The number of carbonyl (C=O) groups is 1. The third-order valence-corrected chi connectivity index (χ3v) is 4.19. The molecule has 1 amide bonds. The van der Waals surface area contributed by atoms with Gasteiger partial charge in [-0.3, -0.25) is 4.79 Å². The van der Waals surface area contributed by atoms with E-state index >= 15 is 0 Å². The summed E-state index contributed by atoms with van der Waals surface area (Å²) in [6.07, 6.45) is 1.93. The molecule has 0 unspecified atom stereocenters. The summed E-state index contributed by atoms with van der Waals surface area (Å²) in [5.74, 6) is 0.0440. The average molecular weight is 273 g/mol. The maximum absolute atomic E-state index is 12.3. The van der Waals surface area contributed by atoms with Crippen molar-refractivity contribution in [2.75, 3.05) is 0 Å². The number of benzene rings is 1. The lowest BCUT2D eigenvalue weighted by molar-refractivity contribution is 0.0939. The molecule has 19 heavy (non-hydrogen) atoms. The van der Waals surface area contributed by atoms with Crippen LogP contribution in [0.3, 0.4) is 0 Å². The molecule has 0 saturated carbocycles. The van der Waals surface area contributed by atoms with E-state index in [2.05, 4.69) is 19.2 Å². The van der Waals surface area contributed by atoms with Crippen molar-refractivity contribution in [3.63, 3.8) is 0 Å². The van der Waals surface area contributed by atoms with Crippen LogP contribution in [-0.2, 0) is 0 Å². The summed E-state index contributed by atoms with van der Waals surface area (Å²) in [5, 5.41) is 5.08. The van der Waals surface area contributed by atoms with Crippen LogP contribution in [0.1, 0.15) is 36.4 Å². The first-order chi connectivity index (χ1) is 9.26. The molecule has 3 heteroatoms. The highest BCUT2D eigenvalue weighted by molar-refractivity contribution is 7.12. The van der Waals surface area contributed by atoms with Gasteiger partial charge in [0.25, 0.3) is 5.91 Å². The lowest BCUT2D eigenvalue weighted by Crippen LogP contribution is -2.33. The Bertz CT molecular complexity index is 529. The Morgan fingerprint density at radius 1 is 1.16 bits per heavy atom. The van der Waals surface area contributed by atoms with E-state index in [0.29, 0.717) is 0 Å². The van der Waals surface area contributed by atoms with Gasteiger partial charge in [-0.05, 0) is 29.9 Å². The molecule has 0 aliphatic heterocycles. The summed E-state index contributed by atoms with van der Waals surface area (Å²) in [6.45, 7) is 4.20. The summed E-state index contributed by atoms with van der Waals surface area (Å²) < 4.78 is 0. The van der Waals surface area contributed by atoms with Crippen molar-refractivity contribution >= 4 is 17.2 Å². The zero-order valence-corrected chi connectivity index (χ0v) is 12.2. The fraction of sp³-hybridized carbons (Fsp3) is 0.312. The van der Waals surface area contributed by atoms with E-state index < -0.39 is 0 Å². The summed E-state index contributed by atoms with van der Waals surface area (Å²) in [4.78, 5) is 13.1. The zero-order valence-electron chi connectivity index (χ0n) is 11.3. The molecular formula is C16H19NOS. The second-order valence-corrected chi connectivity index (χ2v) is 5.43. The van der Waals surface area contributed by atoms with Crippen molar-refractivity contribution in [1.82, 2.24) is 5.32 Å². The molecule has 1 heterocycles. The number of thiophene rings is 1. The highest BCUT2D eigenvalue weighted by Gasteiger charge is 2.16. The second-order valence-electron chi connectivity index (χ2n) is 4.52. The summed E-state index contributed by atoms with van der Waals surface area (Å²) in [5.41, 5.74) is 2.12. The fourth-order valence-corrected chi connectivity index (χ4v) is 2.89. The van der Waals surface area contributed by atoms with Crippen molar-refractivity contribution in [3.8, 4) is 11.1 Å². The van der Waals surface area contributed by atoms with Crippen LogP contribution in [0.4, 0.5) is 0 Å². The molecule has 0 atom stereocenters. The first-order valence-electron chi connectivity index (χ1n) is 6.70. The maximum Gasteiger partial charge on any atom is 0.262 e. The number of hydrogen-bond acceptors (Lipinski definition) is 2. The van der Waals surface area contributed by atoms with E-state index in [1.54, 1.807) is 0 Å². The van der Waals surface area contributed by atoms with Gasteiger partial charge in [0.2, 0.25) is 0 Å². The van der Waals surface area contributed by atoms with Crippen molar-refractivity contribution < 1.29 is 4.79 Å². The summed E-state index contributed by atoms with van der Waals surface area (Å²) >= 11 is 1.50. The van der Waals surface area contributed by atoms with E-state index in [0.717, 1.165) is 28.8 Å². The predicted octanol–water partition coefficient (Wildman–Crippen LogP) is 4.33. The minimum absolute atomic E-state index is 0.0440. The largest absolute Gasteiger partial charge is 0.349 e. The fourth-order valence-electron chi connectivity index (χ4n) is 2.07. The molecule has 2 aromatic rings. The van der Waals surface area contributed by atoms with Gasteiger partial charge in [0.15, 0.2) is 0 Å². The van der Waals surface area contributed by atoms with Crippen molar-refractivity contribution in [2.45, 2.75) is 32.7 Å². The van der Waals surface area contributed by atoms with Crippen LogP contribution in [0, 0.1) is 0 Å². The minimum Gasteiger partial charge on any atom is -0.349 e. The standard InChI is InChI=1S/C16H19NOS/c1-3-13(4-2)17-16(18)15-14(10-11-19-15)12-8-6-5-7-9-12/h5-11,13H,3-4H2,1-2H3,(H,17,18). The molecule has 1 N–H and O–H groups in total. The van der Waals surface area contributed by atoms with Gasteiger partial charge in [0.1, 0.15) is 0 Å². The third kappa shape index (κ3) is 3.24. The minimum atomic E-state index is 0.0440. The Balaban J connectivity index is 2.23. The van der Waals surface area contributed by atoms with Crippen LogP contribution in [0.5, 0.6) is 0 Å². The van der Waals surface area contributed by atoms with Crippen molar-refractivity contribution in [1.29, 1.82) is 0 Å². The van der Waals surface area contributed by atoms with E-state index in [1.165, 1.54) is 11.3 Å². The molecule has 0 aliphatic carbocycles. The summed E-state index contributed by atoms with van der Waals surface area (Å²) in [7, 11) is 0. The molecular weight excluding hydrogens is 254 g/mol. The number of rotatable bonds is 5. The Morgan fingerprint density at radius 3 is 2.47 bits per heavy atom. The number of nitrogens with one attached hydrogen (secondary N) is 1. The molecule has 0 bridgehead atoms. The van der Waals surface area contributed by atoms with Crippen LogP contribution in [0.15, 0.2) is 41.8 Å². The molecule has 2 rings (SSSR count). The van der Waals surface area contributed by atoms with E-state index in [-0.39, 0.29) is 11.9 Å². The number of amides is 1. The van der Waals surface area contributed by atoms with Gasteiger partial charge in [-0.1, -0.05) is 44.2 Å². The van der Waals surface area contributed by atoms with Gasteiger partial charge in [0, 0.05) is 11.6 Å². The van der Waals surface area contributed by atoms with Gasteiger partial charge in [-0.25, -0.2) is 0 Å². The van der Waals surface area contributed by atoms with Gasteiger partial charge in [-0.2, -0.15) is 0 Å². The summed E-state index contributed by atoms with van der Waals surface area (Å²) in [6, 6.07) is 12.3. The highest BCUT2D eigenvalue weighted by Crippen LogP contribution is 2.28. The maximum atomic E-state index is 12.3. The first kappa shape index (κ1) is 13.8. The molecule has 0 aliphatic rings. The SMILES string of the molecule is CCC(CC)NC(=O)c1sccc1-c1ccccc1. The molecule has 1 aromatic carbocycles. The van der Waals surface area contributed by atoms with Crippen molar-refractivity contribution in [3.05, 3.63) is 46.7 Å². The Hall–Kier alpha value is -1.61. The van der Waals surface area contributed by atoms with Crippen LogP contribution < -0.4 is 5.32 Å². The van der Waals surface area contributed by atoms with Gasteiger partial charge in [0.05, 0.1) is 4.88 Å². The zero-order chi connectivity index (χ0) is 13.7. The number of carbonyl (C=O) groups excluding carboxylic acids is 1. The topological polar surface area (TPSA) is 29.1 Å². The van der Waals surface area contributed by atoms with Crippen LogP contribution in [0.2, 0.25) is 0 Å².